The summed E-state index contributed by atoms with van der Waals surface area (Å²) < 4.78 is 13.1. The van der Waals surface area contributed by atoms with Gasteiger partial charge >= 0.3 is 5.97 Å². The number of aliphatic hydroxyl groups is 1. The highest BCUT2D eigenvalue weighted by Crippen LogP contribution is 2.29. The van der Waals surface area contributed by atoms with Gasteiger partial charge in [0.1, 0.15) is 17.1 Å². The van der Waals surface area contributed by atoms with E-state index < -0.39 is 29.1 Å². The molecule has 0 aliphatic carbocycles. The molecule has 0 saturated heterocycles. The molecule has 17 heavy (non-hydrogen) atoms. The van der Waals surface area contributed by atoms with Gasteiger partial charge in [0.25, 0.3) is 0 Å². The maximum atomic E-state index is 13.1. The minimum Gasteiger partial charge on any atom is -0.507 e. The van der Waals surface area contributed by atoms with Crippen LogP contribution in [0.15, 0.2) is 12.1 Å². The molecule has 0 radical (unpaired) electrons. The van der Waals surface area contributed by atoms with E-state index in [1.165, 1.54) is 0 Å². The lowest BCUT2D eigenvalue weighted by atomic mass is 10.0. The number of phenols is 1. The quantitative estimate of drug-likeness (QED) is 0.651. The van der Waals surface area contributed by atoms with Crippen LogP contribution in [0.25, 0.3) is 0 Å². The number of hydrogen-bond donors (Lipinski definition) is 4. The number of carbonyl (C=O) groups is 1. The summed E-state index contributed by atoms with van der Waals surface area (Å²) in [4.78, 5) is 10.7. The van der Waals surface area contributed by atoms with Crippen LogP contribution in [0.5, 0.6) is 5.75 Å². The van der Waals surface area contributed by atoms with Crippen molar-refractivity contribution in [1.82, 2.24) is 0 Å². The van der Waals surface area contributed by atoms with Crippen LogP contribution in [0, 0.1) is 5.82 Å². The second-order valence-electron chi connectivity index (χ2n) is 3.32. The van der Waals surface area contributed by atoms with Gasteiger partial charge in [-0.25, -0.2) is 9.18 Å². The second-order valence-corrected chi connectivity index (χ2v) is 3.32. The Labute approximate surface area is 103 Å². The summed E-state index contributed by atoms with van der Waals surface area (Å²) in [5.74, 6) is -2.79. The van der Waals surface area contributed by atoms with E-state index in [2.05, 4.69) is 0 Å². The van der Waals surface area contributed by atoms with E-state index in [0.717, 1.165) is 6.07 Å². The van der Waals surface area contributed by atoms with E-state index in [1.54, 1.807) is 0 Å². The van der Waals surface area contributed by atoms with Gasteiger partial charge in [-0.05, 0) is 18.6 Å². The predicted molar refractivity (Wildman–Crippen MR) is 60.9 cm³/mol. The first-order valence-electron chi connectivity index (χ1n) is 4.59. The number of carboxylic acid groups (broad SMARTS) is 1. The first-order valence-corrected chi connectivity index (χ1v) is 4.59. The standard InChI is InChI=1S/C10H12FNO4.ClH/c11-5-3-6(8(12)1-2-13)9(14)7(4-5)10(15)16;/h3-4,8,13-14H,1-2,12H2,(H,15,16);1H/t8-;/m1./s1. The summed E-state index contributed by atoms with van der Waals surface area (Å²) in [6.45, 7) is -0.237. The number of carboxylic acids is 1. The fourth-order valence-electron chi connectivity index (χ4n) is 1.36. The summed E-state index contributed by atoms with van der Waals surface area (Å²) in [5, 5.41) is 26.9. The molecule has 0 amide bonds. The topological polar surface area (TPSA) is 104 Å². The molecular formula is C10H13ClFNO4. The van der Waals surface area contributed by atoms with Crippen LogP contribution in [-0.2, 0) is 0 Å². The fourth-order valence-corrected chi connectivity index (χ4v) is 1.36. The third-order valence-electron chi connectivity index (χ3n) is 2.17. The summed E-state index contributed by atoms with van der Waals surface area (Å²) >= 11 is 0. The van der Waals surface area contributed by atoms with Crippen molar-refractivity contribution >= 4 is 18.4 Å². The SMILES string of the molecule is Cl.N[C@H](CCO)c1cc(F)cc(C(=O)O)c1O. The van der Waals surface area contributed by atoms with Crippen molar-refractivity contribution in [1.29, 1.82) is 0 Å². The van der Waals surface area contributed by atoms with Crippen LogP contribution < -0.4 is 5.73 Å². The van der Waals surface area contributed by atoms with Gasteiger partial charge in [0.05, 0.1) is 0 Å². The average Bonchev–Trinajstić information content (AvgIpc) is 2.20. The zero-order valence-electron chi connectivity index (χ0n) is 8.76. The van der Waals surface area contributed by atoms with Crippen molar-refractivity contribution in [3.63, 3.8) is 0 Å². The largest absolute Gasteiger partial charge is 0.507 e. The number of halogens is 2. The Morgan fingerprint density at radius 3 is 2.53 bits per heavy atom. The van der Waals surface area contributed by atoms with Crippen molar-refractivity contribution in [3.8, 4) is 5.75 Å². The van der Waals surface area contributed by atoms with Gasteiger partial charge in [-0.1, -0.05) is 0 Å². The minimum absolute atomic E-state index is 0. The Hall–Kier alpha value is -1.37. The average molecular weight is 266 g/mol. The monoisotopic (exact) mass is 265 g/mol. The number of benzene rings is 1. The molecule has 0 saturated carbocycles. The molecule has 0 unspecified atom stereocenters. The molecule has 1 rings (SSSR count). The Morgan fingerprint density at radius 2 is 2.06 bits per heavy atom. The van der Waals surface area contributed by atoms with Crippen LogP contribution in [0.4, 0.5) is 4.39 Å². The summed E-state index contributed by atoms with van der Waals surface area (Å²) in [7, 11) is 0. The van der Waals surface area contributed by atoms with Gasteiger partial charge in [-0.3, -0.25) is 0 Å². The van der Waals surface area contributed by atoms with E-state index in [9.17, 15) is 14.3 Å². The highest BCUT2D eigenvalue weighted by atomic mass is 35.5. The smallest absolute Gasteiger partial charge is 0.339 e. The third-order valence-corrected chi connectivity index (χ3v) is 2.17. The highest BCUT2D eigenvalue weighted by molar-refractivity contribution is 5.91. The lowest BCUT2D eigenvalue weighted by Crippen LogP contribution is -2.14. The van der Waals surface area contributed by atoms with Crippen LogP contribution in [0.3, 0.4) is 0 Å². The van der Waals surface area contributed by atoms with Gasteiger partial charge in [-0.15, -0.1) is 12.4 Å². The third kappa shape index (κ3) is 3.55. The summed E-state index contributed by atoms with van der Waals surface area (Å²) in [5.41, 5.74) is 5.00. The van der Waals surface area contributed by atoms with Crippen molar-refractivity contribution in [2.45, 2.75) is 12.5 Å². The molecule has 0 aliphatic rings. The number of hydrogen-bond acceptors (Lipinski definition) is 4. The number of aliphatic hydroxyl groups excluding tert-OH is 1. The molecule has 5 nitrogen and oxygen atoms in total. The predicted octanol–water partition coefficient (Wildman–Crippen LogP) is 1.03. The number of aromatic carboxylic acids is 1. The first kappa shape index (κ1) is 15.6. The lowest BCUT2D eigenvalue weighted by molar-refractivity contribution is 0.0693. The Balaban J connectivity index is 0.00000256. The fraction of sp³-hybridized carbons (Fsp3) is 0.300. The summed E-state index contributed by atoms with van der Waals surface area (Å²) in [6, 6.07) is 0.869. The molecular weight excluding hydrogens is 253 g/mol. The molecule has 1 aromatic carbocycles. The maximum absolute atomic E-state index is 13.1. The molecule has 0 fully saturated rings. The Morgan fingerprint density at radius 1 is 1.47 bits per heavy atom. The van der Waals surface area contributed by atoms with Crippen molar-refractivity contribution < 1.29 is 24.5 Å². The van der Waals surface area contributed by atoms with E-state index in [4.69, 9.17) is 15.9 Å². The van der Waals surface area contributed by atoms with Gasteiger partial charge in [0.2, 0.25) is 0 Å². The zero-order valence-corrected chi connectivity index (χ0v) is 9.58. The van der Waals surface area contributed by atoms with Crippen molar-refractivity contribution in [2.24, 2.45) is 5.73 Å². The molecule has 7 heteroatoms. The second kappa shape index (κ2) is 6.39. The number of rotatable bonds is 4. The Bertz CT molecular complexity index is 414. The first-order chi connectivity index (χ1) is 7.47. The molecule has 0 spiro atoms. The van der Waals surface area contributed by atoms with Crippen LogP contribution in [0.2, 0.25) is 0 Å². The van der Waals surface area contributed by atoms with Crippen molar-refractivity contribution in [3.05, 3.63) is 29.1 Å². The normalized spacial score (nSPS) is 11.7. The highest BCUT2D eigenvalue weighted by Gasteiger charge is 2.19. The molecule has 0 bridgehead atoms. The molecule has 96 valence electrons. The van der Waals surface area contributed by atoms with E-state index in [1.807, 2.05) is 0 Å². The molecule has 1 aromatic rings. The van der Waals surface area contributed by atoms with E-state index in [0.29, 0.717) is 6.07 Å². The minimum atomic E-state index is -1.44. The summed E-state index contributed by atoms with van der Waals surface area (Å²) in [6.07, 6.45) is 0.107. The Kier molecular flexibility index (Phi) is 5.87. The molecule has 0 aromatic heterocycles. The van der Waals surface area contributed by atoms with Crippen molar-refractivity contribution in [2.75, 3.05) is 6.61 Å². The maximum Gasteiger partial charge on any atom is 0.339 e. The van der Waals surface area contributed by atoms with Crippen LogP contribution in [0.1, 0.15) is 28.4 Å². The van der Waals surface area contributed by atoms with E-state index in [-0.39, 0.29) is 31.0 Å². The molecule has 0 heterocycles. The zero-order chi connectivity index (χ0) is 12.3. The van der Waals surface area contributed by atoms with Crippen LogP contribution >= 0.6 is 12.4 Å². The number of aromatic hydroxyl groups is 1. The van der Waals surface area contributed by atoms with Gasteiger partial charge in [0.15, 0.2) is 0 Å². The van der Waals surface area contributed by atoms with Gasteiger partial charge in [0, 0.05) is 18.2 Å². The van der Waals surface area contributed by atoms with Crippen LogP contribution in [-0.4, -0.2) is 27.9 Å². The number of nitrogens with two attached hydrogens (primary N) is 1. The van der Waals surface area contributed by atoms with Gasteiger partial charge in [-0.2, -0.15) is 0 Å². The lowest BCUT2D eigenvalue weighted by Gasteiger charge is -2.13. The molecule has 1 atom stereocenters. The van der Waals surface area contributed by atoms with Gasteiger partial charge < -0.3 is 21.1 Å². The molecule has 5 N–H and O–H groups in total. The van der Waals surface area contributed by atoms with E-state index >= 15 is 0 Å². The molecule has 0 aliphatic heterocycles.